The number of aromatic nitrogens is 2. The van der Waals surface area contributed by atoms with Gasteiger partial charge >= 0.3 is 0 Å². The van der Waals surface area contributed by atoms with Crippen molar-refractivity contribution in [1.29, 1.82) is 0 Å². The lowest BCUT2D eigenvalue weighted by atomic mass is 10.2. The molecule has 2 aromatic rings. The Hall–Kier alpha value is -2.40. The Labute approximate surface area is 111 Å². The molecule has 0 aliphatic carbocycles. The molecule has 0 saturated carbocycles. The minimum atomic E-state index is -0.232. The molecule has 5 heteroatoms. The van der Waals surface area contributed by atoms with E-state index in [0.29, 0.717) is 12.4 Å². The minimum Gasteiger partial charge on any atom is -0.388 e. The normalized spacial score (nSPS) is 10.2. The van der Waals surface area contributed by atoms with Gasteiger partial charge < -0.3 is 15.0 Å². The number of carbonyl (C=O) groups excluding carboxylic acids is 1. The summed E-state index contributed by atoms with van der Waals surface area (Å²) in [6, 6.07) is 7.48. The molecule has 98 valence electrons. The second-order valence-electron chi connectivity index (χ2n) is 4.02. The van der Waals surface area contributed by atoms with Crippen molar-refractivity contribution in [3.05, 3.63) is 60.7 Å². The van der Waals surface area contributed by atoms with Gasteiger partial charge in [-0.05, 0) is 23.8 Å². The van der Waals surface area contributed by atoms with Crippen molar-refractivity contribution in [2.75, 3.05) is 5.32 Å². The Balaban J connectivity index is 2.06. The van der Waals surface area contributed by atoms with Crippen molar-refractivity contribution < 1.29 is 9.90 Å². The first-order chi connectivity index (χ1) is 9.22. The second-order valence-corrected chi connectivity index (χ2v) is 4.02. The lowest BCUT2D eigenvalue weighted by Gasteiger charge is -2.07. The number of nitrogens with zero attached hydrogens (tertiary/aromatic N) is 2. The number of aliphatic hydroxyl groups is 1. The van der Waals surface area contributed by atoms with Gasteiger partial charge in [-0.25, -0.2) is 4.98 Å². The summed E-state index contributed by atoms with van der Waals surface area (Å²) in [6.45, 7) is 3.95. The molecule has 1 heterocycles. The topological polar surface area (TPSA) is 67.2 Å². The molecule has 2 rings (SSSR count). The van der Waals surface area contributed by atoms with Gasteiger partial charge in [-0.15, -0.1) is 0 Å². The van der Waals surface area contributed by atoms with Crippen LogP contribution in [0.2, 0.25) is 0 Å². The predicted molar refractivity (Wildman–Crippen MR) is 72.5 cm³/mol. The first-order valence-corrected chi connectivity index (χ1v) is 5.86. The maximum Gasteiger partial charge on any atom is 0.247 e. The van der Waals surface area contributed by atoms with E-state index in [1.807, 2.05) is 35.0 Å². The van der Waals surface area contributed by atoms with E-state index in [2.05, 4.69) is 16.9 Å². The molecule has 0 fully saturated rings. The van der Waals surface area contributed by atoms with Crippen LogP contribution in [-0.4, -0.2) is 20.6 Å². The number of aliphatic hydroxyl groups excluding tert-OH is 1. The van der Waals surface area contributed by atoms with Gasteiger partial charge in [-0.3, -0.25) is 4.79 Å². The number of nitrogens with one attached hydrogen (secondary N) is 1. The van der Waals surface area contributed by atoms with Crippen LogP contribution in [0, 0.1) is 0 Å². The highest BCUT2D eigenvalue weighted by Gasteiger charge is 2.02. The third kappa shape index (κ3) is 3.29. The molecular formula is C14H15N3O2. The zero-order valence-electron chi connectivity index (χ0n) is 10.4. The molecule has 0 atom stereocenters. The summed E-state index contributed by atoms with van der Waals surface area (Å²) >= 11 is 0. The molecule has 1 aromatic heterocycles. The number of amides is 1. The van der Waals surface area contributed by atoms with E-state index in [9.17, 15) is 4.79 Å². The van der Waals surface area contributed by atoms with E-state index < -0.39 is 0 Å². The van der Waals surface area contributed by atoms with Crippen LogP contribution in [0.25, 0.3) is 0 Å². The fourth-order valence-corrected chi connectivity index (χ4v) is 1.72. The van der Waals surface area contributed by atoms with Gasteiger partial charge in [0, 0.05) is 24.6 Å². The molecule has 1 aromatic carbocycles. The Morgan fingerprint density at radius 3 is 2.79 bits per heavy atom. The molecule has 0 saturated heterocycles. The average Bonchev–Trinajstić information content (AvgIpc) is 2.88. The van der Waals surface area contributed by atoms with Crippen molar-refractivity contribution in [2.45, 2.75) is 13.2 Å². The van der Waals surface area contributed by atoms with Crippen LogP contribution in [0.1, 0.15) is 11.4 Å². The molecule has 0 radical (unpaired) electrons. The van der Waals surface area contributed by atoms with Crippen molar-refractivity contribution in [3.63, 3.8) is 0 Å². The maximum atomic E-state index is 11.1. The minimum absolute atomic E-state index is 0.0829. The summed E-state index contributed by atoms with van der Waals surface area (Å²) in [4.78, 5) is 15.2. The molecule has 19 heavy (non-hydrogen) atoms. The largest absolute Gasteiger partial charge is 0.388 e. The third-order valence-corrected chi connectivity index (χ3v) is 2.70. The number of hydrogen-bond donors (Lipinski definition) is 2. The van der Waals surface area contributed by atoms with Crippen LogP contribution in [0.4, 0.5) is 5.69 Å². The van der Waals surface area contributed by atoms with E-state index in [1.165, 1.54) is 6.08 Å². The van der Waals surface area contributed by atoms with E-state index in [4.69, 9.17) is 5.11 Å². The first kappa shape index (κ1) is 13.0. The van der Waals surface area contributed by atoms with E-state index in [-0.39, 0.29) is 12.5 Å². The second kappa shape index (κ2) is 5.97. The lowest BCUT2D eigenvalue weighted by Crippen LogP contribution is -2.07. The summed E-state index contributed by atoms with van der Waals surface area (Å²) in [5.41, 5.74) is 1.78. The van der Waals surface area contributed by atoms with Gasteiger partial charge in [0.1, 0.15) is 12.4 Å². The summed E-state index contributed by atoms with van der Waals surface area (Å²) in [7, 11) is 0. The Morgan fingerprint density at radius 1 is 1.42 bits per heavy atom. The number of hydrogen-bond acceptors (Lipinski definition) is 3. The van der Waals surface area contributed by atoms with Crippen LogP contribution in [0.5, 0.6) is 0 Å². The molecule has 2 N–H and O–H groups in total. The lowest BCUT2D eigenvalue weighted by molar-refractivity contribution is -0.111. The van der Waals surface area contributed by atoms with E-state index >= 15 is 0 Å². The van der Waals surface area contributed by atoms with Gasteiger partial charge in [0.15, 0.2) is 0 Å². The third-order valence-electron chi connectivity index (χ3n) is 2.70. The zero-order chi connectivity index (χ0) is 13.7. The quantitative estimate of drug-likeness (QED) is 0.799. The van der Waals surface area contributed by atoms with Gasteiger partial charge in [0.2, 0.25) is 5.91 Å². The van der Waals surface area contributed by atoms with Crippen LogP contribution in [0.15, 0.2) is 49.3 Å². The number of anilines is 1. The Kier molecular flexibility index (Phi) is 4.10. The van der Waals surface area contributed by atoms with Crippen LogP contribution in [0.3, 0.4) is 0 Å². The molecular weight excluding hydrogens is 242 g/mol. The molecule has 0 aliphatic heterocycles. The summed E-state index contributed by atoms with van der Waals surface area (Å²) in [5, 5.41) is 11.8. The standard InChI is InChI=1S/C14H15N3O2/c1-2-14(19)16-12-5-3-11(4-6-12)9-17-8-7-15-13(17)10-18/h2-8,18H,1,9-10H2,(H,16,19). The Bertz CT molecular complexity index is 573. The molecule has 0 aliphatic rings. The SMILES string of the molecule is C=CC(=O)Nc1ccc(Cn2ccnc2CO)cc1. The van der Waals surface area contributed by atoms with Crippen molar-refractivity contribution in [2.24, 2.45) is 0 Å². The van der Waals surface area contributed by atoms with Crippen LogP contribution in [-0.2, 0) is 17.9 Å². The number of imidazole rings is 1. The summed E-state index contributed by atoms with van der Waals surface area (Å²) < 4.78 is 1.87. The van der Waals surface area contributed by atoms with Crippen molar-refractivity contribution >= 4 is 11.6 Å². The highest BCUT2D eigenvalue weighted by Crippen LogP contribution is 2.11. The van der Waals surface area contributed by atoms with Gasteiger partial charge in [0.25, 0.3) is 0 Å². The molecule has 0 spiro atoms. The van der Waals surface area contributed by atoms with Gasteiger partial charge in [-0.1, -0.05) is 18.7 Å². The fraction of sp³-hybridized carbons (Fsp3) is 0.143. The molecule has 1 amide bonds. The average molecular weight is 257 g/mol. The smallest absolute Gasteiger partial charge is 0.247 e. The molecule has 0 unspecified atom stereocenters. The van der Waals surface area contributed by atoms with Crippen molar-refractivity contribution in [3.8, 4) is 0 Å². The highest BCUT2D eigenvalue weighted by molar-refractivity contribution is 5.98. The predicted octanol–water partition coefficient (Wildman–Crippen LogP) is 1.55. The number of rotatable bonds is 5. The summed E-state index contributed by atoms with van der Waals surface area (Å²) in [5.74, 6) is 0.397. The van der Waals surface area contributed by atoms with Gasteiger partial charge in [0.05, 0.1) is 0 Å². The monoisotopic (exact) mass is 257 g/mol. The van der Waals surface area contributed by atoms with Crippen molar-refractivity contribution in [1.82, 2.24) is 9.55 Å². The Morgan fingerprint density at radius 2 is 2.16 bits per heavy atom. The first-order valence-electron chi connectivity index (χ1n) is 5.86. The highest BCUT2D eigenvalue weighted by atomic mass is 16.3. The maximum absolute atomic E-state index is 11.1. The number of carbonyl (C=O) groups is 1. The zero-order valence-corrected chi connectivity index (χ0v) is 10.4. The number of benzene rings is 1. The molecule has 5 nitrogen and oxygen atoms in total. The van der Waals surface area contributed by atoms with Crippen LogP contribution < -0.4 is 5.32 Å². The van der Waals surface area contributed by atoms with E-state index in [1.54, 1.807) is 6.20 Å². The van der Waals surface area contributed by atoms with Crippen LogP contribution >= 0.6 is 0 Å². The van der Waals surface area contributed by atoms with Gasteiger partial charge in [-0.2, -0.15) is 0 Å². The fourth-order valence-electron chi connectivity index (χ4n) is 1.72. The summed E-state index contributed by atoms with van der Waals surface area (Å²) in [6.07, 6.45) is 4.70. The molecule has 0 bridgehead atoms. The van der Waals surface area contributed by atoms with E-state index in [0.717, 1.165) is 11.3 Å².